The molecule has 1 aliphatic heterocycles. The molecule has 1 aliphatic rings. The minimum atomic E-state index is 0.417. The fourth-order valence-electron chi connectivity index (χ4n) is 2.38. The van der Waals surface area contributed by atoms with Gasteiger partial charge in [-0.2, -0.15) is 0 Å². The third kappa shape index (κ3) is 3.09. The van der Waals surface area contributed by atoms with Gasteiger partial charge in [0.05, 0.1) is 5.69 Å². The van der Waals surface area contributed by atoms with E-state index in [2.05, 4.69) is 38.8 Å². The fraction of sp³-hybridized carbons (Fsp3) is 0.333. The molecule has 3 heterocycles. The molecule has 19 heavy (non-hydrogen) atoms. The molecule has 1 atom stereocenters. The van der Waals surface area contributed by atoms with Crippen molar-refractivity contribution in [1.82, 2.24) is 15.3 Å². The number of rotatable bonds is 4. The summed E-state index contributed by atoms with van der Waals surface area (Å²) in [6.45, 7) is 1.85. The Labute approximate surface area is 113 Å². The first-order valence-electron chi connectivity index (χ1n) is 6.75. The topological polar surface area (TPSA) is 49.8 Å². The molecular formula is C15H18N4. The summed E-state index contributed by atoms with van der Waals surface area (Å²) in [6.07, 6.45) is 6.07. The first-order chi connectivity index (χ1) is 9.42. The smallest absolute Gasteiger partial charge is 0.126 e. The Morgan fingerprint density at radius 3 is 3.05 bits per heavy atom. The molecular weight excluding hydrogens is 236 g/mol. The van der Waals surface area contributed by atoms with Gasteiger partial charge in [-0.05, 0) is 43.1 Å². The van der Waals surface area contributed by atoms with E-state index in [0.717, 1.165) is 30.2 Å². The van der Waals surface area contributed by atoms with Crippen LogP contribution in [0.15, 0.2) is 42.7 Å². The summed E-state index contributed by atoms with van der Waals surface area (Å²) in [4.78, 5) is 8.78. The number of hydrogen-bond acceptors (Lipinski definition) is 4. The fourth-order valence-corrected chi connectivity index (χ4v) is 2.38. The molecule has 0 radical (unpaired) electrons. The lowest BCUT2D eigenvalue weighted by atomic mass is 10.1. The molecule has 0 amide bonds. The standard InChI is InChI=1S/C15H18N4/c1-5-14(13-6-3-9-17-13)19-15(7-1)18-11-12-4-2-8-16-10-12/h1-2,4-5,7-8,10,13,17H,3,6,9,11H2,(H,18,19)/t13-/m1/s1. The van der Waals surface area contributed by atoms with Crippen molar-refractivity contribution < 1.29 is 0 Å². The lowest BCUT2D eigenvalue weighted by molar-refractivity contribution is 0.628. The molecule has 0 unspecified atom stereocenters. The van der Waals surface area contributed by atoms with Crippen molar-refractivity contribution >= 4 is 5.82 Å². The summed E-state index contributed by atoms with van der Waals surface area (Å²) >= 11 is 0. The number of nitrogens with zero attached hydrogens (tertiary/aromatic N) is 2. The highest BCUT2D eigenvalue weighted by molar-refractivity contribution is 5.37. The average Bonchev–Trinajstić information content (AvgIpc) is 3.01. The number of hydrogen-bond donors (Lipinski definition) is 2. The Balaban J connectivity index is 1.66. The Morgan fingerprint density at radius 1 is 1.26 bits per heavy atom. The molecule has 2 aromatic rings. The van der Waals surface area contributed by atoms with Crippen molar-refractivity contribution in [2.45, 2.75) is 25.4 Å². The monoisotopic (exact) mass is 254 g/mol. The van der Waals surface area contributed by atoms with E-state index in [-0.39, 0.29) is 0 Å². The summed E-state index contributed by atoms with van der Waals surface area (Å²) in [7, 11) is 0. The van der Waals surface area contributed by atoms with Crippen LogP contribution in [0.25, 0.3) is 0 Å². The molecule has 98 valence electrons. The molecule has 2 N–H and O–H groups in total. The first-order valence-corrected chi connectivity index (χ1v) is 6.75. The van der Waals surface area contributed by atoms with Crippen LogP contribution in [0.3, 0.4) is 0 Å². The molecule has 1 fully saturated rings. The van der Waals surface area contributed by atoms with E-state index in [0.29, 0.717) is 6.04 Å². The van der Waals surface area contributed by atoms with Crippen molar-refractivity contribution in [2.24, 2.45) is 0 Å². The normalized spacial score (nSPS) is 18.4. The van der Waals surface area contributed by atoms with Crippen molar-refractivity contribution in [3.63, 3.8) is 0 Å². The maximum absolute atomic E-state index is 4.68. The van der Waals surface area contributed by atoms with Gasteiger partial charge >= 0.3 is 0 Å². The molecule has 0 saturated carbocycles. The van der Waals surface area contributed by atoms with Gasteiger partial charge in [0, 0.05) is 25.0 Å². The average molecular weight is 254 g/mol. The summed E-state index contributed by atoms with van der Waals surface area (Å²) in [5, 5.41) is 6.82. The minimum Gasteiger partial charge on any atom is -0.366 e. The van der Waals surface area contributed by atoms with Crippen LogP contribution in [-0.4, -0.2) is 16.5 Å². The lowest BCUT2D eigenvalue weighted by Crippen LogP contribution is -2.14. The second kappa shape index (κ2) is 5.80. The highest BCUT2D eigenvalue weighted by Gasteiger charge is 2.17. The van der Waals surface area contributed by atoms with E-state index in [1.807, 2.05) is 18.3 Å². The maximum atomic E-state index is 4.68. The van der Waals surface area contributed by atoms with Crippen LogP contribution in [0.2, 0.25) is 0 Å². The van der Waals surface area contributed by atoms with Gasteiger partial charge in [-0.15, -0.1) is 0 Å². The Bertz CT molecular complexity index is 521. The predicted molar refractivity (Wildman–Crippen MR) is 75.8 cm³/mol. The molecule has 4 nitrogen and oxygen atoms in total. The molecule has 2 aromatic heterocycles. The summed E-state index contributed by atoms with van der Waals surface area (Å²) in [5.41, 5.74) is 2.29. The molecule has 3 rings (SSSR count). The van der Waals surface area contributed by atoms with Crippen molar-refractivity contribution in [1.29, 1.82) is 0 Å². The van der Waals surface area contributed by atoms with E-state index >= 15 is 0 Å². The van der Waals surface area contributed by atoms with Crippen LogP contribution in [0.1, 0.15) is 30.1 Å². The largest absolute Gasteiger partial charge is 0.366 e. The van der Waals surface area contributed by atoms with Crippen LogP contribution in [0.5, 0.6) is 0 Å². The molecule has 4 heteroatoms. The van der Waals surface area contributed by atoms with Crippen molar-refractivity contribution in [2.75, 3.05) is 11.9 Å². The van der Waals surface area contributed by atoms with Gasteiger partial charge < -0.3 is 10.6 Å². The van der Waals surface area contributed by atoms with Gasteiger partial charge in [-0.1, -0.05) is 12.1 Å². The summed E-state index contributed by atoms with van der Waals surface area (Å²) < 4.78 is 0. The summed E-state index contributed by atoms with van der Waals surface area (Å²) in [6, 6.07) is 10.6. The predicted octanol–water partition coefficient (Wildman–Crippen LogP) is 2.51. The number of pyridine rings is 2. The molecule has 0 spiro atoms. The Hall–Kier alpha value is -1.94. The molecule has 0 aliphatic carbocycles. The van der Waals surface area contributed by atoms with Crippen LogP contribution in [0, 0.1) is 0 Å². The number of nitrogens with one attached hydrogen (secondary N) is 2. The van der Waals surface area contributed by atoms with Gasteiger partial charge in [-0.3, -0.25) is 4.98 Å². The zero-order valence-electron chi connectivity index (χ0n) is 10.8. The van der Waals surface area contributed by atoms with Crippen LogP contribution in [-0.2, 0) is 6.54 Å². The second-order valence-corrected chi connectivity index (χ2v) is 4.81. The van der Waals surface area contributed by atoms with Gasteiger partial charge in [0.25, 0.3) is 0 Å². The maximum Gasteiger partial charge on any atom is 0.126 e. The molecule has 0 bridgehead atoms. The first kappa shape index (κ1) is 12.1. The zero-order valence-corrected chi connectivity index (χ0v) is 10.8. The highest BCUT2D eigenvalue weighted by atomic mass is 15.0. The second-order valence-electron chi connectivity index (χ2n) is 4.81. The minimum absolute atomic E-state index is 0.417. The SMILES string of the molecule is c1cncc(CNc2cccc([C@H]3CCCN3)n2)c1. The molecule has 0 aromatic carbocycles. The van der Waals surface area contributed by atoms with Gasteiger partial charge in [-0.25, -0.2) is 4.98 Å². The van der Waals surface area contributed by atoms with Crippen LogP contribution in [0.4, 0.5) is 5.82 Å². The van der Waals surface area contributed by atoms with Gasteiger partial charge in [0.2, 0.25) is 0 Å². The molecule has 1 saturated heterocycles. The quantitative estimate of drug-likeness (QED) is 0.880. The van der Waals surface area contributed by atoms with E-state index in [1.165, 1.54) is 12.8 Å². The van der Waals surface area contributed by atoms with Crippen LogP contribution >= 0.6 is 0 Å². The van der Waals surface area contributed by atoms with E-state index in [1.54, 1.807) is 6.20 Å². The van der Waals surface area contributed by atoms with Crippen LogP contribution < -0.4 is 10.6 Å². The lowest BCUT2D eigenvalue weighted by Gasteiger charge is -2.12. The number of anilines is 1. The number of aromatic nitrogens is 2. The van der Waals surface area contributed by atoms with E-state index < -0.39 is 0 Å². The van der Waals surface area contributed by atoms with Gasteiger partial charge in [0.1, 0.15) is 5.82 Å². The Morgan fingerprint density at radius 2 is 2.26 bits per heavy atom. The zero-order chi connectivity index (χ0) is 12.9. The van der Waals surface area contributed by atoms with Crippen molar-refractivity contribution in [3.8, 4) is 0 Å². The highest BCUT2D eigenvalue weighted by Crippen LogP contribution is 2.22. The third-order valence-corrected chi connectivity index (χ3v) is 3.38. The Kier molecular flexibility index (Phi) is 3.70. The van der Waals surface area contributed by atoms with Gasteiger partial charge in [0.15, 0.2) is 0 Å². The van der Waals surface area contributed by atoms with Crippen molar-refractivity contribution in [3.05, 3.63) is 54.0 Å². The third-order valence-electron chi connectivity index (χ3n) is 3.38. The summed E-state index contributed by atoms with van der Waals surface area (Å²) in [5.74, 6) is 0.926. The van der Waals surface area contributed by atoms with E-state index in [4.69, 9.17) is 0 Å². The van der Waals surface area contributed by atoms with E-state index in [9.17, 15) is 0 Å².